The van der Waals surface area contributed by atoms with Crippen molar-refractivity contribution in [1.29, 1.82) is 0 Å². The SMILES string of the molecule is CN1C(=O)[C@]23SSS[C@]1(CO)C(=O)N2[C@H]1Nc2ccccc2[C@@]1(c1c[nH]c2ccccc12)[C@@H]3O. The zero-order chi connectivity index (χ0) is 23.5. The molecule has 1 aromatic heterocycles. The molecule has 34 heavy (non-hydrogen) atoms. The number of carbonyl (C=O) groups is 2. The third-order valence-corrected chi connectivity index (χ3v) is 12.9. The first kappa shape index (κ1) is 21.0. The summed E-state index contributed by atoms with van der Waals surface area (Å²) >= 11 is 0. The third kappa shape index (κ3) is 2.03. The number of nitrogens with zero attached hydrogens (tertiary/aromatic N) is 2. The largest absolute Gasteiger partial charge is 0.392 e. The molecule has 4 saturated heterocycles. The first-order valence-corrected chi connectivity index (χ1v) is 14.3. The average molecular weight is 513 g/mol. The number of para-hydroxylation sites is 2. The smallest absolute Gasteiger partial charge is 0.265 e. The van der Waals surface area contributed by atoms with Gasteiger partial charge in [0.1, 0.15) is 12.3 Å². The van der Waals surface area contributed by atoms with Gasteiger partial charge in [-0.1, -0.05) is 36.4 Å². The summed E-state index contributed by atoms with van der Waals surface area (Å²) in [6, 6.07) is 15.5. The number of rotatable bonds is 2. The van der Waals surface area contributed by atoms with Gasteiger partial charge in [0.05, 0.1) is 12.0 Å². The highest BCUT2D eigenvalue weighted by Crippen LogP contribution is 2.69. The number of carbonyl (C=O) groups excluding carboxylic acids is 2. The van der Waals surface area contributed by atoms with Crippen LogP contribution in [-0.4, -0.2) is 72.5 Å². The Kier molecular flexibility index (Phi) is 4.12. The van der Waals surface area contributed by atoms with Crippen LogP contribution in [0, 0.1) is 0 Å². The fourth-order valence-corrected chi connectivity index (χ4v) is 12.1. The maximum absolute atomic E-state index is 14.2. The van der Waals surface area contributed by atoms with E-state index in [-0.39, 0.29) is 11.8 Å². The fourth-order valence-electron chi connectivity index (χ4n) is 6.19. The minimum atomic E-state index is -1.55. The number of amides is 2. The second kappa shape index (κ2) is 6.67. The number of hydrogen-bond acceptors (Lipinski definition) is 8. The van der Waals surface area contributed by atoms with Crippen LogP contribution >= 0.6 is 31.4 Å². The van der Waals surface area contributed by atoms with Crippen molar-refractivity contribution in [2.75, 3.05) is 19.0 Å². The number of piperazine rings is 1. The maximum Gasteiger partial charge on any atom is 0.265 e. The number of aliphatic hydroxyl groups is 2. The Morgan fingerprint density at radius 1 is 1.03 bits per heavy atom. The van der Waals surface area contributed by atoms with E-state index < -0.39 is 34.0 Å². The van der Waals surface area contributed by atoms with Crippen molar-refractivity contribution in [3.05, 3.63) is 65.9 Å². The van der Waals surface area contributed by atoms with Gasteiger partial charge in [-0.05, 0) is 54.7 Å². The van der Waals surface area contributed by atoms with Crippen molar-refractivity contribution in [2.45, 2.75) is 27.4 Å². The van der Waals surface area contributed by atoms with Crippen LogP contribution in [0.3, 0.4) is 0 Å². The van der Waals surface area contributed by atoms with Gasteiger partial charge in [0.25, 0.3) is 11.8 Å². The van der Waals surface area contributed by atoms with Crippen LogP contribution in [0.25, 0.3) is 10.9 Å². The highest BCUT2D eigenvalue weighted by molar-refractivity contribution is 9.10. The number of H-pyrrole nitrogens is 1. The second-order valence-electron chi connectivity index (χ2n) is 9.02. The Morgan fingerprint density at radius 3 is 2.62 bits per heavy atom. The molecular formula is C23H20N4O4S3. The Morgan fingerprint density at radius 2 is 1.79 bits per heavy atom. The minimum absolute atomic E-state index is 0.384. The van der Waals surface area contributed by atoms with Gasteiger partial charge < -0.3 is 25.4 Å². The zero-order valence-electron chi connectivity index (χ0n) is 17.9. The highest BCUT2D eigenvalue weighted by Gasteiger charge is 2.81. The quantitative estimate of drug-likeness (QED) is 0.388. The van der Waals surface area contributed by atoms with Gasteiger partial charge in [0.2, 0.25) is 9.74 Å². The molecule has 6 heterocycles. The van der Waals surface area contributed by atoms with Crippen LogP contribution in [0.2, 0.25) is 0 Å². The molecule has 4 N–H and O–H groups in total. The summed E-state index contributed by atoms with van der Waals surface area (Å²) in [4.78, 5) is 31.3. The van der Waals surface area contributed by atoms with Gasteiger partial charge in [-0.25, -0.2) is 0 Å². The van der Waals surface area contributed by atoms with E-state index in [1.165, 1.54) is 37.5 Å². The molecule has 0 aliphatic carbocycles. The van der Waals surface area contributed by atoms with Crippen molar-refractivity contribution in [3.63, 3.8) is 0 Å². The van der Waals surface area contributed by atoms with Crippen molar-refractivity contribution in [1.82, 2.24) is 14.8 Å². The van der Waals surface area contributed by atoms with Crippen molar-refractivity contribution >= 4 is 59.8 Å². The number of aromatic amines is 1. The molecule has 2 aromatic carbocycles. The number of hydrogen-bond donors (Lipinski definition) is 4. The molecule has 8 rings (SSSR count). The normalized spacial score (nSPS) is 35.9. The van der Waals surface area contributed by atoms with Gasteiger partial charge in [0, 0.05) is 29.8 Å². The molecule has 174 valence electrons. The Labute approximate surface area is 206 Å². The van der Waals surface area contributed by atoms with Crippen LogP contribution in [-0.2, 0) is 15.0 Å². The van der Waals surface area contributed by atoms with E-state index in [1.807, 2.05) is 54.7 Å². The second-order valence-corrected chi connectivity index (χ2v) is 13.4. The van der Waals surface area contributed by atoms with Gasteiger partial charge in [-0.2, -0.15) is 0 Å². The topological polar surface area (TPSA) is 109 Å². The Bertz CT molecular complexity index is 1400. The summed E-state index contributed by atoms with van der Waals surface area (Å²) in [6.45, 7) is -0.519. The van der Waals surface area contributed by atoms with E-state index in [2.05, 4.69) is 10.3 Å². The summed E-state index contributed by atoms with van der Waals surface area (Å²) in [5.74, 6) is -0.769. The lowest BCUT2D eigenvalue weighted by molar-refractivity contribution is -0.168. The standard InChI is InChI=1S/C23H20N4O4S3/c1-26-20(31)23-17(29)22(14-10-24-15-8-4-2-6-12(14)15)13-7-3-5-9-16(13)25-18(22)27(23)19(30)21(26,11-28)32-34-33-23/h2-10,17-18,24-25,28-29H,11H2,1H3/t17-,18+,21+,22+,23-/m0/s1. The summed E-state index contributed by atoms with van der Waals surface area (Å²) in [6.07, 6.45) is -0.0956. The third-order valence-electron chi connectivity index (χ3n) is 7.80. The van der Waals surface area contributed by atoms with E-state index >= 15 is 0 Å². The monoisotopic (exact) mass is 512 g/mol. The van der Waals surface area contributed by atoms with Crippen LogP contribution in [0.5, 0.6) is 0 Å². The van der Waals surface area contributed by atoms with E-state index in [4.69, 9.17) is 0 Å². The first-order chi connectivity index (χ1) is 16.4. The number of nitrogens with one attached hydrogen (secondary N) is 2. The lowest BCUT2D eigenvalue weighted by Crippen LogP contribution is -2.75. The van der Waals surface area contributed by atoms with Gasteiger partial charge in [-0.3, -0.25) is 14.5 Å². The molecule has 5 aliphatic rings. The molecule has 2 bridgehead atoms. The van der Waals surface area contributed by atoms with Gasteiger partial charge in [-0.15, -0.1) is 0 Å². The molecule has 0 saturated carbocycles. The lowest BCUT2D eigenvalue weighted by Gasteiger charge is -2.50. The van der Waals surface area contributed by atoms with Crippen LogP contribution in [0.4, 0.5) is 5.69 Å². The summed E-state index contributed by atoms with van der Waals surface area (Å²) in [7, 11) is 5.17. The molecule has 2 amide bonds. The van der Waals surface area contributed by atoms with Gasteiger partial charge in [0.15, 0.2) is 0 Å². The van der Waals surface area contributed by atoms with E-state index in [0.717, 1.165) is 38.5 Å². The molecule has 1 spiro atoms. The summed E-state index contributed by atoms with van der Waals surface area (Å²) in [5, 5.41) is 27.2. The molecular weight excluding hydrogens is 492 g/mol. The lowest BCUT2D eigenvalue weighted by atomic mass is 9.70. The van der Waals surface area contributed by atoms with Crippen molar-refractivity contribution in [3.8, 4) is 0 Å². The molecule has 0 radical (unpaired) electrons. The number of likely N-dealkylation sites (N-methyl/N-ethyl adjacent to an activating group) is 1. The Hall–Kier alpha value is -2.31. The Balaban J connectivity index is 1.58. The van der Waals surface area contributed by atoms with Crippen LogP contribution in [0.1, 0.15) is 11.1 Å². The molecule has 3 aromatic rings. The van der Waals surface area contributed by atoms with E-state index in [0.29, 0.717) is 0 Å². The molecule has 8 nitrogen and oxygen atoms in total. The van der Waals surface area contributed by atoms with Crippen molar-refractivity contribution in [2.24, 2.45) is 0 Å². The molecule has 4 fully saturated rings. The predicted octanol–water partition coefficient (Wildman–Crippen LogP) is 2.31. The van der Waals surface area contributed by atoms with Crippen LogP contribution in [0.15, 0.2) is 54.7 Å². The fraction of sp³-hybridized carbons (Fsp3) is 0.304. The number of fused-ring (bicyclic) bond motifs is 7. The van der Waals surface area contributed by atoms with E-state index in [9.17, 15) is 19.8 Å². The van der Waals surface area contributed by atoms with Crippen molar-refractivity contribution < 1.29 is 19.8 Å². The number of aromatic nitrogens is 1. The summed E-state index contributed by atoms with van der Waals surface area (Å²) in [5.41, 5.74) is 2.27. The van der Waals surface area contributed by atoms with Crippen LogP contribution < -0.4 is 5.32 Å². The minimum Gasteiger partial charge on any atom is -0.392 e. The number of benzene rings is 2. The molecule has 5 atom stereocenters. The number of anilines is 1. The zero-order valence-corrected chi connectivity index (χ0v) is 20.3. The van der Waals surface area contributed by atoms with Gasteiger partial charge >= 0.3 is 0 Å². The summed E-state index contributed by atoms with van der Waals surface area (Å²) < 4.78 is 0. The molecule has 0 unspecified atom stereocenters. The van der Waals surface area contributed by atoms with E-state index in [1.54, 1.807) is 0 Å². The average Bonchev–Trinajstić information content (AvgIpc) is 3.43. The maximum atomic E-state index is 14.2. The first-order valence-electron chi connectivity index (χ1n) is 10.8. The predicted molar refractivity (Wildman–Crippen MR) is 134 cm³/mol. The molecule has 11 heteroatoms. The molecule has 5 aliphatic heterocycles. The number of aliphatic hydroxyl groups excluding tert-OH is 2. The highest BCUT2D eigenvalue weighted by atomic mass is 33.5.